The number of thiazole rings is 1. The molecule has 3 rings (SSSR count). The second-order valence-electron chi connectivity index (χ2n) is 5.56. The number of esters is 1. The van der Waals surface area contributed by atoms with Gasteiger partial charge in [0.25, 0.3) is 0 Å². The summed E-state index contributed by atoms with van der Waals surface area (Å²) in [7, 11) is 0. The standard InChI is InChI=1S/C20H18FNO3S/c1-3-24-20(23)16-10-14(18-12-26-13(2)22-18)8-9-19(16)25-11-15-6-4-5-7-17(15)21/h4-10,12H,3,11H2,1-2H3. The van der Waals surface area contributed by atoms with Crippen LogP contribution in [0.25, 0.3) is 11.3 Å². The fraction of sp³-hybridized carbons (Fsp3) is 0.200. The maximum atomic E-state index is 13.8. The monoisotopic (exact) mass is 371 g/mol. The van der Waals surface area contributed by atoms with Crippen molar-refractivity contribution >= 4 is 17.3 Å². The number of rotatable bonds is 6. The number of hydrogen-bond acceptors (Lipinski definition) is 5. The molecule has 0 aliphatic rings. The van der Waals surface area contributed by atoms with E-state index < -0.39 is 5.97 Å². The molecule has 0 aliphatic heterocycles. The minimum Gasteiger partial charge on any atom is -0.488 e. The lowest BCUT2D eigenvalue weighted by atomic mass is 10.1. The highest BCUT2D eigenvalue weighted by Gasteiger charge is 2.17. The van der Waals surface area contributed by atoms with Gasteiger partial charge in [0.15, 0.2) is 0 Å². The third-order valence-electron chi connectivity index (χ3n) is 3.73. The highest BCUT2D eigenvalue weighted by molar-refractivity contribution is 7.09. The second-order valence-corrected chi connectivity index (χ2v) is 6.63. The number of aryl methyl sites for hydroxylation is 1. The van der Waals surface area contributed by atoms with Crippen LogP contribution in [0.15, 0.2) is 47.8 Å². The molecule has 1 heterocycles. The fourth-order valence-electron chi connectivity index (χ4n) is 2.45. The first kappa shape index (κ1) is 18.1. The van der Waals surface area contributed by atoms with Crippen molar-refractivity contribution in [3.8, 4) is 17.0 Å². The van der Waals surface area contributed by atoms with E-state index in [1.165, 1.54) is 17.4 Å². The molecule has 1 aromatic heterocycles. The molecule has 4 nitrogen and oxygen atoms in total. The van der Waals surface area contributed by atoms with Gasteiger partial charge in [-0.1, -0.05) is 18.2 Å². The lowest BCUT2D eigenvalue weighted by Crippen LogP contribution is -2.08. The van der Waals surface area contributed by atoms with Crippen molar-refractivity contribution in [2.75, 3.05) is 6.61 Å². The molecule has 2 aromatic carbocycles. The molecule has 134 valence electrons. The Labute approximate surface area is 155 Å². The Morgan fingerprint density at radius 1 is 1.23 bits per heavy atom. The van der Waals surface area contributed by atoms with E-state index in [2.05, 4.69) is 4.98 Å². The quantitative estimate of drug-likeness (QED) is 0.571. The van der Waals surface area contributed by atoms with Crippen molar-refractivity contribution in [2.24, 2.45) is 0 Å². The van der Waals surface area contributed by atoms with E-state index in [9.17, 15) is 9.18 Å². The van der Waals surface area contributed by atoms with E-state index in [1.54, 1.807) is 37.3 Å². The van der Waals surface area contributed by atoms with Crippen molar-refractivity contribution < 1.29 is 18.7 Å². The first-order valence-corrected chi connectivity index (χ1v) is 9.06. The van der Waals surface area contributed by atoms with Crippen LogP contribution in [0.3, 0.4) is 0 Å². The number of nitrogens with zero attached hydrogens (tertiary/aromatic N) is 1. The van der Waals surface area contributed by atoms with E-state index in [0.717, 1.165) is 16.3 Å². The maximum Gasteiger partial charge on any atom is 0.341 e. The zero-order chi connectivity index (χ0) is 18.5. The highest BCUT2D eigenvalue weighted by Crippen LogP contribution is 2.29. The maximum absolute atomic E-state index is 13.8. The molecule has 0 spiro atoms. The molecule has 0 amide bonds. The zero-order valence-corrected chi connectivity index (χ0v) is 15.3. The van der Waals surface area contributed by atoms with Gasteiger partial charge in [0.05, 0.1) is 17.3 Å². The Balaban J connectivity index is 1.90. The van der Waals surface area contributed by atoms with Crippen LogP contribution in [0.2, 0.25) is 0 Å². The average Bonchev–Trinajstić information content (AvgIpc) is 3.07. The Bertz CT molecular complexity index is 923. The topological polar surface area (TPSA) is 48.4 Å². The molecule has 0 saturated carbocycles. The van der Waals surface area contributed by atoms with Gasteiger partial charge in [-0.15, -0.1) is 11.3 Å². The van der Waals surface area contributed by atoms with E-state index in [1.807, 2.05) is 18.4 Å². The van der Waals surface area contributed by atoms with Gasteiger partial charge in [0, 0.05) is 16.5 Å². The first-order chi connectivity index (χ1) is 12.6. The molecule has 3 aromatic rings. The normalized spacial score (nSPS) is 10.6. The third kappa shape index (κ3) is 4.08. The summed E-state index contributed by atoms with van der Waals surface area (Å²) in [6.07, 6.45) is 0. The molecule has 0 radical (unpaired) electrons. The van der Waals surface area contributed by atoms with Gasteiger partial charge >= 0.3 is 5.97 Å². The summed E-state index contributed by atoms with van der Waals surface area (Å²) in [6.45, 7) is 3.94. The minimum atomic E-state index is -0.482. The van der Waals surface area contributed by atoms with Gasteiger partial charge in [-0.05, 0) is 38.1 Å². The van der Waals surface area contributed by atoms with E-state index in [4.69, 9.17) is 9.47 Å². The summed E-state index contributed by atoms with van der Waals surface area (Å²) in [4.78, 5) is 16.8. The summed E-state index contributed by atoms with van der Waals surface area (Å²) >= 11 is 1.54. The van der Waals surface area contributed by atoms with Crippen LogP contribution >= 0.6 is 11.3 Å². The first-order valence-electron chi connectivity index (χ1n) is 8.18. The molecule has 0 aliphatic carbocycles. The summed E-state index contributed by atoms with van der Waals surface area (Å²) in [5, 5.41) is 2.87. The number of halogens is 1. The molecule has 0 saturated heterocycles. The van der Waals surface area contributed by atoms with Crippen LogP contribution in [0.4, 0.5) is 4.39 Å². The molecule has 0 unspecified atom stereocenters. The van der Waals surface area contributed by atoms with Crippen LogP contribution in [-0.2, 0) is 11.3 Å². The zero-order valence-electron chi connectivity index (χ0n) is 14.5. The molecule has 26 heavy (non-hydrogen) atoms. The number of hydrogen-bond donors (Lipinski definition) is 0. The number of benzene rings is 2. The average molecular weight is 371 g/mol. The Kier molecular flexibility index (Phi) is 5.63. The van der Waals surface area contributed by atoms with E-state index in [0.29, 0.717) is 16.9 Å². The van der Waals surface area contributed by atoms with Gasteiger partial charge in [0.1, 0.15) is 23.7 Å². The van der Waals surface area contributed by atoms with Crippen molar-refractivity contribution in [2.45, 2.75) is 20.5 Å². The van der Waals surface area contributed by atoms with Crippen LogP contribution < -0.4 is 4.74 Å². The summed E-state index contributed by atoms with van der Waals surface area (Å²) in [5.41, 5.74) is 2.31. The van der Waals surface area contributed by atoms with Crippen LogP contribution in [0, 0.1) is 12.7 Å². The third-order valence-corrected chi connectivity index (χ3v) is 4.50. The SMILES string of the molecule is CCOC(=O)c1cc(-c2csc(C)n2)ccc1OCc1ccccc1F. The van der Waals surface area contributed by atoms with Crippen molar-refractivity contribution in [3.05, 3.63) is 69.8 Å². The lowest BCUT2D eigenvalue weighted by molar-refractivity contribution is 0.0521. The lowest BCUT2D eigenvalue weighted by Gasteiger charge is -2.12. The predicted molar refractivity (Wildman–Crippen MR) is 99.0 cm³/mol. The van der Waals surface area contributed by atoms with Crippen LogP contribution in [0.1, 0.15) is 27.9 Å². The Morgan fingerprint density at radius 3 is 2.73 bits per heavy atom. The summed E-state index contributed by atoms with van der Waals surface area (Å²) in [5.74, 6) is -0.480. The predicted octanol–water partition coefficient (Wildman–Crippen LogP) is 5.01. The number of carbonyl (C=O) groups excluding carboxylic acids is 1. The Morgan fingerprint density at radius 2 is 2.04 bits per heavy atom. The van der Waals surface area contributed by atoms with Crippen molar-refractivity contribution in [3.63, 3.8) is 0 Å². The van der Waals surface area contributed by atoms with Crippen molar-refractivity contribution in [1.29, 1.82) is 0 Å². The summed E-state index contributed by atoms with van der Waals surface area (Å²) < 4.78 is 24.6. The molecular weight excluding hydrogens is 353 g/mol. The van der Waals surface area contributed by atoms with Gasteiger partial charge in [-0.25, -0.2) is 14.2 Å². The second kappa shape index (κ2) is 8.10. The molecule has 6 heteroatoms. The number of ether oxygens (including phenoxy) is 2. The molecule has 0 fully saturated rings. The smallest absolute Gasteiger partial charge is 0.341 e. The minimum absolute atomic E-state index is 0.0221. The Hall–Kier alpha value is -2.73. The highest BCUT2D eigenvalue weighted by atomic mass is 32.1. The number of aromatic nitrogens is 1. The summed E-state index contributed by atoms with van der Waals surface area (Å²) in [6, 6.07) is 11.6. The van der Waals surface area contributed by atoms with Gasteiger partial charge in [-0.3, -0.25) is 0 Å². The van der Waals surface area contributed by atoms with E-state index in [-0.39, 0.29) is 19.0 Å². The van der Waals surface area contributed by atoms with Gasteiger partial charge in [0.2, 0.25) is 0 Å². The van der Waals surface area contributed by atoms with Gasteiger partial charge < -0.3 is 9.47 Å². The molecule has 0 N–H and O–H groups in total. The van der Waals surface area contributed by atoms with Crippen LogP contribution in [0.5, 0.6) is 5.75 Å². The van der Waals surface area contributed by atoms with Crippen LogP contribution in [-0.4, -0.2) is 17.6 Å². The molecule has 0 atom stereocenters. The van der Waals surface area contributed by atoms with E-state index >= 15 is 0 Å². The fourth-order valence-corrected chi connectivity index (χ4v) is 3.07. The van der Waals surface area contributed by atoms with Crippen molar-refractivity contribution in [1.82, 2.24) is 4.98 Å². The van der Waals surface area contributed by atoms with Gasteiger partial charge in [-0.2, -0.15) is 0 Å². The largest absolute Gasteiger partial charge is 0.488 e. The number of carbonyl (C=O) groups is 1. The molecule has 0 bridgehead atoms. The molecular formula is C20H18FNO3S.